The molecule has 0 amide bonds. The lowest BCUT2D eigenvalue weighted by molar-refractivity contribution is -0.118. The van der Waals surface area contributed by atoms with Crippen LogP contribution in [-0.2, 0) is 4.79 Å². The van der Waals surface area contributed by atoms with E-state index in [1.165, 1.54) is 10.8 Å². The van der Waals surface area contributed by atoms with Crippen molar-refractivity contribution in [2.24, 2.45) is 5.41 Å². The van der Waals surface area contributed by atoms with E-state index in [2.05, 4.69) is 67.7 Å². The summed E-state index contributed by atoms with van der Waals surface area (Å²) in [6.45, 7) is 4.39. The second-order valence-electron chi connectivity index (χ2n) is 11.8. The van der Waals surface area contributed by atoms with Crippen LogP contribution in [0.1, 0.15) is 43.9 Å². The lowest BCUT2D eigenvalue weighted by atomic mass is 9.67. The molecule has 0 unspecified atom stereocenters. The number of rotatable bonds is 3. The summed E-state index contributed by atoms with van der Waals surface area (Å²) >= 11 is 0. The third-order valence-corrected chi connectivity index (χ3v) is 8.37. The molecule has 1 aliphatic carbocycles. The maximum atomic E-state index is 14.0. The van der Waals surface area contributed by atoms with Crippen LogP contribution in [0.2, 0.25) is 0 Å². The number of phenols is 1. The molecule has 196 valence electrons. The monoisotopic (exact) mass is 521 g/mol. The molecular formula is C37H31NO2. The molecule has 0 saturated carbocycles. The van der Waals surface area contributed by atoms with E-state index in [0.29, 0.717) is 6.42 Å². The van der Waals surface area contributed by atoms with Gasteiger partial charge in [-0.15, -0.1) is 0 Å². The number of carbonyl (C=O) groups excluding carboxylic acids is 1. The van der Waals surface area contributed by atoms with Gasteiger partial charge in [0, 0.05) is 34.4 Å². The third kappa shape index (κ3) is 4.01. The number of ketones is 1. The summed E-state index contributed by atoms with van der Waals surface area (Å²) in [5.74, 6) is 0.437. The number of phenolic OH excluding ortho intramolecular Hbond substituents is 1. The summed E-state index contributed by atoms with van der Waals surface area (Å²) < 4.78 is 0. The lowest BCUT2D eigenvalue weighted by Gasteiger charge is -2.40. The van der Waals surface area contributed by atoms with Crippen molar-refractivity contribution in [3.63, 3.8) is 0 Å². The minimum Gasteiger partial charge on any atom is -0.507 e. The van der Waals surface area contributed by atoms with Gasteiger partial charge < -0.3 is 10.4 Å². The predicted octanol–water partition coefficient (Wildman–Crippen LogP) is 9.19. The van der Waals surface area contributed by atoms with Gasteiger partial charge in [0.05, 0.1) is 6.04 Å². The number of anilines is 1. The fraction of sp³-hybridized carbons (Fsp3) is 0.162. The van der Waals surface area contributed by atoms with Crippen LogP contribution in [0.4, 0.5) is 5.69 Å². The van der Waals surface area contributed by atoms with Gasteiger partial charge >= 0.3 is 0 Å². The summed E-state index contributed by atoms with van der Waals surface area (Å²) in [7, 11) is 0. The predicted molar refractivity (Wildman–Crippen MR) is 164 cm³/mol. The molecule has 1 aliphatic heterocycles. The van der Waals surface area contributed by atoms with Gasteiger partial charge in [0.1, 0.15) is 5.75 Å². The Labute approximate surface area is 234 Å². The first-order chi connectivity index (χ1) is 19.4. The molecule has 3 nitrogen and oxygen atoms in total. The minimum atomic E-state index is -0.321. The first-order valence-electron chi connectivity index (χ1n) is 13.9. The minimum absolute atomic E-state index is 0.120. The van der Waals surface area contributed by atoms with Crippen LogP contribution in [0.15, 0.2) is 115 Å². The van der Waals surface area contributed by atoms with E-state index in [-0.39, 0.29) is 23.0 Å². The maximum Gasteiger partial charge on any atom is 0.162 e. The summed E-state index contributed by atoms with van der Waals surface area (Å²) in [6.07, 6.45) is 1.35. The maximum absolute atomic E-state index is 14.0. The Bertz CT molecular complexity index is 1760. The Hall–Kier alpha value is -4.63. The molecule has 7 rings (SSSR count). The molecule has 1 atom stereocenters. The van der Waals surface area contributed by atoms with Gasteiger partial charge in [0.25, 0.3) is 0 Å². The van der Waals surface area contributed by atoms with E-state index in [4.69, 9.17) is 0 Å². The normalized spacial score (nSPS) is 17.8. The number of hydrogen-bond acceptors (Lipinski definition) is 3. The molecule has 0 spiro atoms. The average Bonchev–Trinajstić information content (AvgIpc) is 2.97. The van der Waals surface area contributed by atoms with Crippen LogP contribution < -0.4 is 5.32 Å². The van der Waals surface area contributed by atoms with Crippen molar-refractivity contribution in [1.82, 2.24) is 0 Å². The van der Waals surface area contributed by atoms with E-state index < -0.39 is 0 Å². The zero-order chi connectivity index (χ0) is 27.4. The summed E-state index contributed by atoms with van der Waals surface area (Å²) in [5.41, 5.74) is 8.43. The van der Waals surface area contributed by atoms with Crippen LogP contribution in [-0.4, -0.2) is 10.9 Å². The van der Waals surface area contributed by atoms with Crippen molar-refractivity contribution in [2.75, 3.05) is 5.32 Å². The van der Waals surface area contributed by atoms with Gasteiger partial charge in [-0.2, -0.15) is 0 Å². The molecule has 2 N–H and O–H groups in total. The Morgan fingerprint density at radius 1 is 0.750 bits per heavy atom. The van der Waals surface area contributed by atoms with Crippen molar-refractivity contribution in [3.8, 4) is 28.0 Å². The summed E-state index contributed by atoms with van der Waals surface area (Å²) in [5, 5.41) is 17.7. The van der Waals surface area contributed by atoms with E-state index in [9.17, 15) is 9.90 Å². The number of benzene rings is 5. The standard InChI is InChI=1S/C37H31NO2/c1-37(2)21-30-33-27-16-10-9-15-25(27)17-18-31(33)38-35(34(30)32(39)22-37)26-19-28(23-11-5-3-6-12-23)36(40)29(20-26)24-13-7-4-8-14-24/h3-20,35,38,40H,21-22H2,1-2H3/t35-/m0/s1. The Balaban J connectivity index is 1.50. The molecule has 40 heavy (non-hydrogen) atoms. The zero-order valence-corrected chi connectivity index (χ0v) is 22.7. The number of carbonyl (C=O) groups is 1. The molecule has 1 heterocycles. The highest BCUT2D eigenvalue weighted by Gasteiger charge is 2.41. The molecule has 0 saturated heterocycles. The van der Waals surface area contributed by atoms with E-state index >= 15 is 0 Å². The number of aromatic hydroxyl groups is 1. The molecule has 5 aromatic rings. The largest absolute Gasteiger partial charge is 0.507 e. The molecule has 2 aliphatic rings. The highest BCUT2D eigenvalue weighted by atomic mass is 16.3. The van der Waals surface area contributed by atoms with Crippen molar-refractivity contribution in [2.45, 2.75) is 32.7 Å². The first-order valence-corrected chi connectivity index (χ1v) is 13.9. The Kier molecular flexibility index (Phi) is 5.64. The Morgan fingerprint density at radius 3 is 2.00 bits per heavy atom. The number of Topliss-reactive ketones (excluding diaryl/α,β-unsaturated/α-hetero) is 1. The SMILES string of the molecule is CC1(C)CC(=O)C2=C(C1)c1c(ccc3ccccc13)N[C@H]2c1cc(-c2ccccc2)c(O)c(-c2ccccc2)c1. The highest BCUT2D eigenvalue weighted by Crippen LogP contribution is 2.53. The number of hydrogen-bond donors (Lipinski definition) is 2. The van der Waals surface area contributed by atoms with Gasteiger partial charge in [-0.3, -0.25) is 4.79 Å². The van der Waals surface area contributed by atoms with E-state index in [1.54, 1.807) is 0 Å². The molecule has 0 fully saturated rings. The summed E-state index contributed by atoms with van der Waals surface area (Å²) in [6, 6.07) is 36.5. The zero-order valence-electron chi connectivity index (χ0n) is 22.7. The van der Waals surface area contributed by atoms with Crippen LogP contribution in [0.25, 0.3) is 38.6 Å². The third-order valence-electron chi connectivity index (χ3n) is 8.37. The van der Waals surface area contributed by atoms with Crippen molar-refractivity contribution < 1.29 is 9.90 Å². The second-order valence-corrected chi connectivity index (χ2v) is 11.8. The fourth-order valence-corrected chi connectivity index (χ4v) is 6.59. The topological polar surface area (TPSA) is 49.3 Å². The van der Waals surface area contributed by atoms with Crippen molar-refractivity contribution in [1.29, 1.82) is 0 Å². The highest BCUT2D eigenvalue weighted by molar-refractivity contribution is 6.13. The van der Waals surface area contributed by atoms with Gasteiger partial charge in [-0.25, -0.2) is 0 Å². The smallest absolute Gasteiger partial charge is 0.162 e. The number of fused-ring (bicyclic) bond motifs is 4. The molecule has 0 bridgehead atoms. The second kappa shape index (κ2) is 9.24. The molecular weight excluding hydrogens is 490 g/mol. The van der Waals surface area contributed by atoms with Gasteiger partial charge in [-0.1, -0.05) is 105 Å². The van der Waals surface area contributed by atoms with Crippen molar-refractivity contribution in [3.05, 3.63) is 126 Å². The average molecular weight is 522 g/mol. The Morgan fingerprint density at radius 2 is 1.35 bits per heavy atom. The lowest BCUT2D eigenvalue weighted by Crippen LogP contribution is -2.33. The van der Waals surface area contributed by atoms with E-state index in [1.807, 2.05) is 60.7 Å². The molecule has 5 aromatic carbocycles. The molecule has 3 heteroatoms. The van der Waals surface area contributed by atoms with Gasteiger partial charge in [-0.05, 0) is 63.1 Å². The quantitative estimate of drug-likeness (QED) is 0.249. The van der Waals surface area contributed by atoms with Gasteiger partial charge in [0.2, 0.25) is 0 Å². The van der Waals surface area contributed by atoms with Crippen LogP contribution >= 0.6 is 0 Å². The fourth-order valence-electron chi connectivity index (χ4n) is 6.59. The molecule has 0 radical (unpaired) electrons. The number of allylic oxidation sites excluding steroid dienone is 1. The first kappa shape index (κ1) is 24.4. The van der Waals surface area contributed by atoms with Crippen molar-refractivity contribution >= 4 is 27.8 Å². The van der Waals surface area contributed by atoms with Crippen LogP contribution in [0.3, 0.4) is 0 Å². The van der Waals surface area contributed by atoms with Crippen LogP contribution in [0, 0.1) is 5.41 Å². The number of nitrogens with one attached hydrogen (secondary N) is 1. The van der Waals surface area contributed by atoms with Crippen LogP contribution in [0.5, 0.6) is 5.75 Å². The van der Waals surface area contributed by atoms with Gasteiger partial charge in [0.15, 0.2) is 5.78 Å². The summed E-state index contributed by atoms with van der Waals surface area (Å²) in [4.78, 5) is 14.0. The molecule has 0 aromatic heterocycles. The van der Waals surface area contributed by atoms with E-state index in [0.717, 1.165) is 56.6 Å².